The van der Waals surface area contributed by atoms with Crippen LogP contribution in [-0.4, -0.2) is 20.3 Å². The maximum atomic E-state index is 12.6. The Morgan fingerprint density at radius 2 is 1.95 bits per heavy atom. The Kier molecular flexibility index (Phi) is 3.55. The van der Waals surface area contributed by atoms with Gasteiger partial charge in [-0.25, -0.2) is 8.42 Å². The van der Waals surface area contributed by atoms with E-state index in [1.54, 1.807) is 12.1 Å². The third-order valence-corrected chi connectivity index (χ3v) is 6.25. The van der Waals surface area contributed by atoms with Gasteiger partial charge in [0.05, 0.1) is 18.1 Å². The van der Waals surface area contributed by atoms with Crippen LogP contribution in [0.3, 0.4) is 0 Å². The van der Waals surface area contributed by atoms with Crippen LogP contribution >= 0.6 is 0 Å². The molecule has 1 fully saturated rings. The molecule has 1 aromatic rings. The van der Waals surface area contributed by atoms with E-state index < -0.39 is 14.6 Å². The zero-order valence-corrected chi connectivity index (χ0v) is 11.9. The van der Waals surface area contributed by atoms with E-state index in [1.165, 1.54) is 19.2 Å². The molecule has 1 aliphatic rings. The highest BCUT2D eigenvalue weighted by Crippen LogP contribution is 2.47. The van der Waals surface area contributed by atoms with Gasteiger partial charge in [-0.15, -0.1) is 0 Å². The highest BCUT2D eigenvalue weighted by molar-refractivity contribution is 7.93. The van der Waals surface area contributed by atoms with Crippen LogP contribution in [0.5, 0.6) is 5.75 Å². The Morgan fingerprint density at radius 3 is 2.37 bits per heavy atom. The molecule has 1 aromatic carbocycles. The van der Waals surface area contributed by atoms with Gasteiger partial charge >= 0.3 is 0 Å². The number of ether oxygens (including phenoxy) is 1. The van der Waals surface area contributed by atoms with Crippen molar-refractivity contribution in [3.8, 4) is 11.8 Å². The third-order valence-electron chi connectivity index (χ3n) is 3.90. The van der Waals surface area contributed by atoms with E-state index in [-0.39, 0.29) is 4.90 Å². The minimum atomic E-state index is -3.60. The van der Waals surface area contributed by atoms with Crippen molar-refractivity contribution in [2.24, 2.45) is 5.92 Å². The molecule has 5 heteroatoms. The van der Waals surface area contributed by atoms with E-state index in [1.807, 2.05) is 13.0 Å². The third kappa shape index (κ3) is 2.10. The summed E-state index contributed by atoms with van der Waals surface area (Å²) in [6, 6.07) is 8.25. The molecular formula is C14H17NO3S. The van der Waals surface area contributed by atoms with E-state index >= 15 is 0 Å². The van der Waals surface area contributed by atoms with Gasteiger partial charge in [-0.3, -0.25) is 0 Å². The quantitative estimate of drug-likeness (QED) is 0.849. The first kappa shape index (κ1) is 13.9. The molecule has 0 aliphatic heterocycles. The summed E-state index contributed by atoms with van der Waals surface area (Å²) in [6.07, 6.45) is 1.80. The van der Waals surface area contributed by atoms with Crippen molar-refractivity contribution in [3.63, 3.8) is 0 Å². The van der Waals surface area contributed by atoms with E-state index in [0.717, 1.165) is 6.42 Å². The first-order chi connectivity index (χ1) is 8.99. The lowest BCUT2D eigenvalue weighted by Gasteiger charge is -2.41. The molecule has 0 heterocycles. The van der Waals surface area contributed by atoms with Crippen molar-refractivity contribution in [2.75, 3.05) is 7.11 Å². The summed E-state index contributed by atoms with van der Waals surface area (Å²) in [7, 11) is -2.07. The fourth-order valence-electron chi connectivity index (χ4n) is 2.51. The van der Waals surface area contributed by atoms with Gasteiger partial charge in [0.15, 0.2) is 14.6 Å². The Hall–Kier alpha value is -1.54. The highest BCUT2D eigenvalue weighted by atomic mass is 32.2. The van der Waals surface area contributed by atoms with Gasteiger partial charge in [-0.2, -0.15) is 5.26 Å². The molecule has 0 N–H and O–H groups in total. The van der Waals surface area contributed by atoms with E-state index in [9.17, 15) is 13.7 Å². The standard InChI is InChI=1S/C14H17NO3S/c1-3-11-8-14(9-11,10-15)19(16,17)13-6-4-12(18-2)5-7-13/h4-7,11H,3,8-9H2,1-2H3. The summed E-state index contributed by atoms with van der Waals surface area (Å²) in [6.45, 7) is 2.02. The summed E-state index contributed by atoms with van der Waals surface area (Å²) >= 11 is 0. The van der Waals surface area contributed by atoms with Crippen LogP contribution in [0.2, 0.25) is 0 Å². The fraction of sp³-hybridized carbons (Fsp3) is 0.500. The van der Waals surface area contributed by atoms with E-state index in [0.29, 0.717) is 24.5 Å². The Morgan fingerprint density at radius 1 is 1.37 bits per heavy atom. The highest BCUT2D eigenvalue weighted by Gasteiger charge is 2.54. The molecule has 0 radical (unpaired) electrons. The number of benzene rings is 1. The molecule has 0 aromatic heterocycles. The molecule has 1 aliphatic carbocycles. The van der Waals surface area contributed by atoms with Gasteiger partial charge in [-0.1, -0.05) is 13.3 Å². The number of sulfone groups is 1. The number of hydrogen-bond acceptors (Lipinski definition) is 4. The first-order valence-electron chi connectivity index (χ1n) is 6.29. The normalized spacial score (nSPS) is 26.3. The molecule has 0 atom stereocenters. The molecule has 4 nitrogen and oxygen atoms in total. The summed E-state index contributed by atoms with van der Waals surface area (Å²) in [5, 5.41) is 9.29. The molecule has 102 valence electrons. The fourth-order valence-corrected chi connectivity index (χ4v) is 4.49. The molecule has 0 saturated heterocycles. The van der Waals surface area contributed by atoms with Gasteiger partial charge in [0.2, 0.25) is 0 Å². The summed E-state index contributed by atoms with van der Waals surface area (Å²) in [5.74, 6) is 0.942. The molecule has 0 bridgehead atoms. The predicted molar refractivity (Wildman–Crippen MR) is 71.5 cm³/mol. The van der Waals surface area contributed by atoms with Crippen molar-refractivity contribution >= 4 is 9.84 Å². The first-order valence-corrected chi connectivity index (χ1v) is 7.77. The zero-order valence-electron chi connectivity index (χ0n) is 11.1. The van der Waals surface area contributed by atoms with Crippen LogP contribution < -0.4 is 4.74 Å². The maximum Gasteiger partial charge on any atom is 0.197 e. The topological polar surface area (TPSA) is 67.2 Å². The summed E-state index contributed by atoms with van der Waals surface area (Å²) in [5.41, 5.74) is 0. The number of rotatable bonds is 4. The van der Waals surface area contributed by atoms with Crippen molar-refractivity contribution in [1.82, 2.24) is 0 Å². The minimum Gasteiger partial charge on any atom is -0.497 e. The average molecular weight is 279 g/mol. The van der Waals surface area contributed by atoms with Crippen LogP contribution in [0.15, 0.2) is 29.2 Å². The lowest BCUT2D eigenvalue weighted by atomic mass is 9.73. The largest absolute Gasteiger partial charge is 0.497 e. The van der Waals surface area contributed by atoms with Gasteiger partial charge in [0.25, 0.3) is 0 Å². The van der Waals surface area contributed by atoms with Gasteiger partial charge < -0.3 is 4.74 Å². The number of hydrogen-bond donors (Lipinski definition) is 0. The molecule has 0 unspecified atom stereocenters. The number of methoxy groups -OCH3 is 1. The van der Waals surface area contributed by atoms with Crippen molar-refractivity contribution in [1.29, 1.82) is 5.26 Å². The molecule has 0 amide bonds. The second kappa shape index (κ2) is 4.86. The van der Waals surface area contributed by atoms with Crippen LogP contribution in [0.4, 0.5) is 0 Å². The second-order valence-corrected chi connectivity index (χ2v) is 7.23. The SMILES string of the molecule is CCC1CC(C#N)(S(=O)(=O)c2ccc(OC)cc2)C1. The monoisotopic (exact) mass is 279 g/mol. The van der Waals surface area contributed by atoms with E-state index in [4.69, 9.17) is 4.74 Å². The molecule has 0 spiro atoms. The smallest absolute Gasteiger partial charge is 0.197 e. The molecule has 19 heavy (non-hydrogen) atoms. The number of nitrogens with zero attached hydrogens (tertiary/aromatic N) is 1. The van der Waals surface area contributed by atoms with Crippen molar-refractivity contribution < 1.29 is 13.2 Å². The number of nitriles is 1. The predicted octanol–water partition coefficient (Wildman–Crippen LogP) is 2.55. The van der Waals surface area contributed by atoms with E-state index in [2.05, 4.69) is 0 Å². The van der Waals surface area contributed by atoms with Crippen LogP contribution in [-0.2, 0) is 9.84 Å². The Labute approximate surface area is 113 Å². The Bertz CT molecular complexity index is 593. The molecule has 1 saturated carbocycles. The lowest BCUT2D eigenvalue weighted by Crippen LogP contribution is -2.49. The van der Waals surface area contributed by atoms with Crippen LogP contribution in [0.1, 0.15) is 26.2 Å². The molecule has 2 rings (SSSR count). The average Bonchev–Trinajstić information content (AvgIpc) is 2.38. The maximum absolute atomic E-state index is 12.6. The van der Waals surface area contributed by atoms with Crippen LogP contribution in [0.25, 0.3) is 0 Å². The summed E-state index contributed by atoms with van der Waals surface area (Å²) in [4.78, 5) is 0.199. The zero-order chi connectivity index (χ0) is 14.1. The van der Waals surface area contributed by atoms with Crippen molar-refractivity contribution in [3.05, 3.63) is 24.3 Å². The molecular weight excluding hydrogens is 262 g/mol. The van der Waals surface area contributed by atoms with Gasteiger partial charge in [-0.05, 0) is 43.0 Å². The Balaban J connectivity index is 2.34. The van der Waals surface area contributed by atoms with Crippen molar-refractivity contribution in [2.45, 2.75) is 35.8 Å². The van der Waals surface area contributed by atoms with Gasteiger partial charge in [0.1, 0.15) is 5.75 Å². The second-order valence-electron chi connectivity index (χ2n) is 4.97. The van der Waals surface area contributed by atoms with Gasteiger partial charge in [0, 0.05) is 0 Å². The van der Waals surface area contributed by atoms with Crippen LogP contribution in [0, 0.1) is 17.2 Å². The minimum absolute atomic E-state index is 0.199. The lowest BCUT2D eigenvalue weighted by molar-refractivity contribution is 0.256. The summed E-state index contributed by atoms with van der Waals surface area (Å²) < 4.78 is 28.9.